The number of pyridine rings is 1. The van der Waals surface area contributed by atoms with Crippen LogP contribution in [-0.2, 0) is 4.74 Å². The molecule has 38 heavy (non-hydrogen) atoms. The number of hydrogen-bond donors (Lipinski definition) is 1. The zero-order chi connectivity index (χ0) is 26.2. The quantitative estimate of drug-likeness (QED) is 0.340. The predicted molar refractivity (Wildman–Crippen MR) is 148 cm³/mol. The Morgan fingerprint density at radius 2 is 1.92 bits per heavy atom. The van der Waals surface area contributed by atoms with E-state index in [1.54, 1.807) is 30.5 Å². The van der Waals surface area contributed by atoms with Gasteiger partial charge in [0.2, 0.25) is 0 Å². The SMILES string of the molecule is C=C(Oc1cc(N2CCC(N(C)C)CC2)cc2ncnc(Nc3ccc4ncccc4c3F)c12)C1COC1. The molecule has 4 heterocycles. The van der Waals surface area contributed by atoms with Gasteiger partial charge in [-0.2, -0.15) is 0 Å². The minimum Gasteiger partial charge on any atom is -0.461 e. The normalized spacial score (nSPS) is 16.7. The van der Waals surface area contributed by atoms with Gasteiger partial charge in [0.25, 0.3) is 0 Å². The van der Waals surface area contributed by atoms with E-state index in [4.69, 9.17) is 9.47 Å². The molecule has 0 unspecified atom stereocenters. The van der Waals surface area contributed by atoms with E-state index in [9.17, 15) is 0 Å². The van der Waals surface area contributed by atoms with E-state index in [1.807, 2.05) is 6.07 Å². The number of anilines is 3. The molecule has 2 aliphatic rings. The lowest BCUT2D eigenvalue weighted by molar-refractivity contribution is -0.0274. The van der Waals surface area contributed by atoms with Crippen LogP contribution in [0.25, 0.3) is 21.8 Å². The Labute approximate surface area is 221 Å². The highest BCUT2D eigenvalue weighted by Crippen LogP contribution is 2.39. The molecule has 0 spiro atoms. The Morgan fingerprint density at radius 3 is 2.66 bits per heavy atom. The van der Waals surface area contributed by atoms with Crippen LogP contribution >= 0.6 is 0 Å². The molecule has 2 saturated heterocycles. The van der Waals surface area contributed by atoms with Crippen LogP contribution in [0.5, 0.6) is 5.75 Å². The molecule has 4 aromatic rings. The van der Waals surface area contributed by atoms with Gasteiger partial charge in [-0.1, -0.05) is 6.58 Å². The third-order valence-corrected chi connectivity index (χ3v) is 7.55. The molecular formula is C29H31FN6O2. The monoisotopic (exact) mass is 514 g/mol. The Hall–Kier alpha value is -3.82. The van der Waals surface area contributed by atoms with Crippen molar-refractivity contribution in [2.45, 2.75) is 18.9 Å². The third-order valence-electron chi connectivity index (χ3n) is 7.55. The van der Waals surface area contributed by atoms with Crippen LogP contribution in [0.4, 0.5) is 21.6 Å². The van der Waals surface area contributed by atoms with Gasteiger partial charge in [-0.15, -0.1) is 0 Å². The highest BCUT2D eigenvalue weighted by Gasteiger charge is 2.26. The number of nitrogens with zero attached hydrogens (tertiary/aromatic N) is 5. The maximum absolute atomic E-state index is 15.4. The summed E-state index contributed by atoms with van der Waals surface area (Å²) in [4.78, 5) is 18.0. The number of fused-ring (bicyclic) bond motifs is 2. The Bertz CT molecular complexity index is 1500. The lowest BCUT2D eigenvalue weighted by Gasteiger charge is -2.36. The smallest absolute Gasteiger partial charge is 0.156 e. The summed E-state index contributed by atoms with van der Waals surface area (Å²) in [5, 5.41) is 4.30. The minimum absolute atomic E-state index is 0.135. The van der Waals surface area contributed by atoms with Crippen molar-refractivity contribution in [3.05, 3.63) is 67.1 Å². The number of hydrogen-bond acceptors (Lipinski definition) is 8. The van der Waals surface area contributed by atoms with Crippen molar-refractivity contribution in [3.8, 4) is 5.75 Å². The van der Waals surface area contributed by atoms with Gasteiger partial charge in [0, 0.05) is 42.5 Å². The zero-order valence-corrected chi connectivity index (χ0v) is 21.7. The Balaban J connectivity index is 1.39. The number of benzene rings is 2. The van der Waals surface area contributed by atoms with Gasteiger partial charge in [-0.05, 0) is 57.3 Å². The highest BCUT2D eigenvalue weighted by molar-refractivity contribution is 5.98. The van der Waals surface area contributed by atoms with Crippen LogP contribution in [0.2, 0.25) is 0 Å². The Morgan fingerprint density at radius 1 is 1.11 bits per heavy atom. The van der Waals surface area contributed by atoms with Gasteiger partial charge in [0.1, 0.15) is 23.7 Å². The van der Waals surface area contributed by atoms with Crippen LogP contribution in [0.3, 0.4) is 0 Å². The molecule has 196 valence electrons. The van der Waals surface area contributed by atoms with Crippen molar-refractivity contribution >= 4 is 39.0 Å². The predicted octanol–water partition coefficient (Wildman–Crippen LogP) is 5.13. The van der Waals surface area contributed by atoms with E-state index in [-0.39, 0.29) is 11.7 Å². The van der Waals surface area contributed by atoms with Crippen LogP contribution in [0, 0.1) is 11.7 Å². The average Bonchev–Trinajstić information content (AvgIpc) is 2.89. The average molecular weight is 515 g/mol. The standard InChI is InChI=1S/C29H31FN6O2/c1-18(19-15-37-16-19)38-26-14-21(36-11-8-20(9-12-36)35(2)3)13-25-27(26)29(33-17-32-25)34-24-7-6-23-22(28(24)30)5-4-10-31-23/h4-7,10,13-14,17,19-20H,1,8-9,11-12,15-16H2,2-3H3,(H,32,33,34). The first-order valence-corrected chi connectivity index (χ1v) is 12.9. The summed E-state index contributed by atoms with van der Waals surface area (Å²) in [6.07, 6.45) is 5.31. The van der Waals surface area contributed by atoms with E-state index in [0.29, 0.717) is 64.1 Å². The minimum atomic E-state index is -0.388. The molecule has 9 heteroatoms. The van der Waals surface area contributed by atoms with Gasteiger partial charge in [-0.3, -0.25) is 4.98 Å². The second-order valence-electron chi connectivity index (χ2n) is 10.2. The van der Waals surface area contributed by atoms with Crippen molar-refractivity contribution in [2.24, 2.45) is 5.92 Å². The van der Waals surface area contributed by atoms with Crippen molar-refractivity contribution in [1.29, 1.82) is 0 Å². The summed E-state index contributed by atoms with van der Waals surface area (Å²) >= 11 is 0. The molecule has 8 nitrogen and oxygen atoms in total. The second-order valence-corrected chi connectivity index (χ2v) is 10.2. The van der Waals surface area contributed by atoms with Crippen LogP contribution in [-0.4, -0.2) is 66.3 Å². The van der Waals surface area contributed by atoms with Crippen molar-refractivity contribution in [1.82, 2.24) is 19.9 Å². The van der Waals surface area contributed by atoms with Gasteiger partial charge < -0.3 is 24.6 Å². The number of halogens is 1. The molecule has 2 aromatic heterocycles. The van der Waals surface area contributed by atoms with Gasteiger partial charge in [0.05, 0.1) is 41.2 Å². The van der Waals surface area contributed by atoms with E-state index < -0.39 is 0 Å². The molecule has 0 aliphatic carbocycles. The molecule has 0 atom stereocenters. The second kappa shape index (κ2) is 10.2. The van der Waals surface area contributed by atoms with E-state index in [0.717, 1.165) is 31.6 Å². The lowest BCUT2D eigenvalue weighted by Crippen LogP contribution is -2.42. The molecular weight excluding hydrogens is 483 g/mol. The maximum atomic E-state index is 15.4. The summed E-state index contributed by atoms with van der Waals surface area (Å²) in [7, 11) is 4.27. The molecule has 0 radical (unpaired) electrons. The number of rotatable bonds is 7. The van der Waals surface area contributed by atoms with E-state index >= 15 is 4.39 Å². The van der Waals surface area contributed by atoms with Crippen LogP contribution in [0.1, 0.15) is 12.8 Å². The molecule has 6 rings (SSSR count). The van der Waals surface area contributed by atoms with Crippen LogP contribution < -0.4 is 15.0 Å². The third kappa shape index (κ3) is 4.63. The van der Waals surface area contributed by atoms with Gasteiger partial charge >= 0.3 is 0 Å². The highest BCUT2D eigenvalue weighted by atomic mass is 19.1. The first-order valence-electron chi connectivity index (χ1n) is 12.9. The van der Waals surface area contributed by atoms with Crippen molar-refractivity contribution in [2.75, 3.05) is 50.6 Å². The topological polar surface area (TPSA) is 75.6 Å². The summed E-state index contributed by atoms with van der Waals surface area (Å²) < 4.78 is 27.1. The summed E-state index contributed by atoms with van der Waals surface area (Å²) in [6, 6.07) is 11.6. The Kier molecular flexibility index (Phi) is 6.55. The fourth-order valence-electron chi connectivity index (χ4n) is 5.12. The van der Waals surface area contributed by atoms with Crippen molar-refractivity contribution in [3.63, 3.8) is 0 Å². The summed E-state index contributed by atoms with van der Waals surface area (Å²) in [5.74, 6) is 1.44. The lowest BCUT2D eigenvalue weighted by atomic mass is 10.0. The van der Waals surface area contributed by atoms with E-state index in [1.165, 1.54) is 6.33 Å². The summed E-state index contributed by atoms with van der Waals surface area (Å²) in [6.45, 7) is 7.23. The van der Waals surface area contributed by atoms with E-state index in [2.05, 4.69) is 56.8 Å². The number of nitrogens with one attached hydrogen (secondary N) is 1. The molecule has 2 aromatic carbocycles. The number of ether oxygens (including phenoxy) is 2. The van der Waals surface area contributed by atoms with Gasteiger partial charge in [-0.25, -0.2) is 14.4 Å². The first kappa shape index (κ1) is 24.5. The zero-order valence-electron chi connectivity index (χ0n) is 21.7. The molecule has 0 saturated carbocycles. The van der Waals surface area contributed by atoms with Crippen molar-refractivity contribution < 1.29 is 13.9 Å². The molecule has 0 bridgehead atoms. The molecule has 1 N–H and O–H groups in total. The number of aromatic nitrogens is 3. The molecule has 2 aliphatic heterocycles. The first-order chi connectivity index (χ1) is 18.5. The summed E-state index contributed by atoms with van der Waals surface area (Å²) in [5.41, 5.74) is 2.64. The fourth-order valence-corrected chi connectivity index (χ4v) is 5.12. The van der Waals surface area contributed by atoms with Crippen LogP contribution in [0.15, 0.2) is 61.3 Å². The van der Waals surface area contributed by atoms with Gasteiger partial charge in [0.15, 0.2) is 5.82 Å². The maximum Gasteiger partial charge on any atom is 0.156 e. The molecule has 0 amide bonds. The fraction of sp³-hybridized carbons (Fsp3) is 0.345. The largest absolute Gasteiger partial charge is 0.461 e. The number of piperidine rings is 1. The molecule has 2 fully saturated rings.